The van der Waals surface area contributed by atoms with Gasteiger partial charge in [-0.05, 0) is 70.1 Å². The molecule has 1 aromatic carbocycles. The summed E-state index contributed by atoms with van der Waals surface area (Å²) in [5.74, 6) is 8.08. The fourth-order valence-electron chi connectivity index (χ4n) is 4.40. The van der Waals surface area contributed by atoms with Crippen LogP contribution in [0, 0.1) is 18.8 Å². The average Bonchev–Trinajstić information content (AvgIpc) is 2.69. The number of esters is 1. The highest BCUT2D eigenvalue weighted by atomic mass is 16.5. The highest BCUT2D eigenvalue weighted by Crippen LogP contribution is 2.45. The van der Waals surface area contributed by atoms with Gasteiger partial charge in [-0.3, -0.25) is 4.79 Å². The highest BCUT2D eigenvalue weighted by Gasteiger charge is 2.39. The second-order valence-corrected chi connectivity index (χ2v) is 9.74. The number of benzene rings is 1. The molecule has 0 N–H and O–H groups in total. The lowest BCUT2D eigenvalue weighted by atomic mass is 9.73. The molecule has 0 spiro atoms. The summed E-state index contributed by atoms with van der Waals surface area (Å²) >= 11 is 0. The lowest BCUT2D eigenvalue weighted by Crippen LogP contribution is -2.41. The summed E-state index contributed by atoms with van der Waals surface area (Å²) in [5, 5.41) is 0. The number of rotatable bonds is 6. The van der Waals surface area contributed by atoms with Gasteiger partial charge in [0.1, 0.15) is 17.2 Å². The number of carbonyl (C=O) groups is 1. The number of ether oxygens (including phenoxy) is 2. The fraction of sp³-hybridized carbons (Fsp3) is 0.519. The zero-order chi connectivity index (χ0) is 23.4. The van der Waals surface area contributed by atoms with E-state index in [9.17, 15) is 4.79 Å². The lowest BCUT2D eigenvalue weighted by Gasteiger charge is -2.42. The number of fused-ring (bicyclic) bond motifs is 1. The standard InChI is InChI=1S/C27H34N2O3/c1-7-31-25(30)11-9-8-10-24-28-16-20(17-29-24)12-13-21-15-22-23(14-19(21)2)32-27(5,6)18-26(22,3)4/h14-17H,7-11,18H2,1-6H3. The molecule has 3 rings (SSSR count). The average molecular weight is 435 g/mol. The van der Waals surface area contributed by atoms with Crippen molar-refractivity contribution >= 4 is 5.97 Å². The van der Waals surface area contributed by atoms with Gasteiger partial charge in [-0.1, -0.05) is 25.7 Å². The van der Waals surface area contributed by atoms with Crippen LogP contribution in [0.4, 0.5) is 0 Å². The van der Waals surface area contributed by atoms with E-state index in [1.807, 2.05) is 6.92 Å². The number of aromatic nitrogens is 2. The summed E-state index contributed by atoms with van der Waals surface area (Å²) in [6, 6.07) is 4.28. The normalized spacial score (nSPS) is 15.7. The van der Waals surface area contributed by atoms with Crippen LogP contribution in [0.2, 0.25) is 0 Å². The Bertz CT molecular complexity index is 1030. The zero-order valence-corrected chi connectivity index (χ0v) is 20.2. The van der Waals surface area contributed by atoms with Crippen molar-refractivity contribution in [3.05, 3.63) is 52.6 Å². The van der Waals surface area contributed by atoms with E-state index in [-0.39, 0.29) is 17.0 Å². The Morgan fingerprint density at radius 2 is 1.84 bits per heavy atom. The van der Waals surface area contributed by atoms with Crippen molar-refractivity contribution in [3.63, 3.8) is 0 Å². The molecule has 1 aliphatic heterocycles. The lowest BCUT2D eigenvalue weighted by molar-refractivity contribution is -0.143. The molecule has 1 aromatic heterocycles. The Morgan fingerprint density at radius 1 is 1.12 bits per heavy atom. The Hall–Kier alpha value is -2.87. The van der Waals surface area contributed by atoms with E-state index in [2.05, 4.69) is 68.6 Å². The molecular weight excluding hydrogens is 400 g/mol. The van der Waals surface area contributed by atoms with Gasteiger partial charge >= 0.3 is 5.97 Å². The van der Waals surface area contributed by atoms with E-state index in [0.29, 0.717) is 13.0 Å². The second kappa shape index (κ2) is 9.73. The summed E-state index contributed by atoms with van der Waals surface area (Å²) in [5.41, 5.74) is 3.95. The largest absolute Gasteiger partial charge is 0.488 e. The van der Waals surface area contributed by atoms with Gasteiger partial charge < -0.3 is 9.47 Å². The fourth-order valence-corrected chi connectivity index (χ4v) is 4.40. The summed E-state index contributed by atoms with van der Waals surface area (Å²) in [4.78, 5) is 20.2. The second-order valence-electron chi connectivity index (χ2n) is 9.74. The molecule has 0 amide bonds. The minimum absolute atomic E-state index is 0.0270. The molecule has 1 aliphatic rings. The van der Waals surface area contributed by atoms with E-state index in [4.69, 9.17) is 9.47 Å². The van der Waals surface area contributed by atoms with Crippen LogP contribution in [-0.2, 0) is 21.4 Å². The maximum absolute atomic E-state index is 11.4. The van der Waals surface area contributed by atoms with Crippen LogP contribution >= 0.6 is 0 Å². The Kier molecular flexibility index (Phi) is 7.23. The molecule has 5 nitrogen and oxygen atoms in total. The van der Waals surface area contributed by atoms with Crippen LogP contribution in [-0.4, -0.2) is 28.1 Å². The number of aryl methyl sites for hydroxylation is 2. The molecule has 0 unspecified atom stereocenters. The molecule has 0 radical (unpaired) electrons. The summed E-state index contributed by atoms with van der Waals surface area (Å²) in [7, 11) is 0. The van der Waals surface area contributed by atoms with Crippen LogP contribution in [0.1, 0.15) is 88.4 Å². The van der Waals surface area contributed by atoms with Gasteiger partial charge in [0.05, 0.1) is 12.2 Å². The highest BCUT2D eigenvalue weighted by molar-refractivity contribution is 5.69. The van der Waals surface area contributed by atoms with E-state index >= 15 is 0 Å². The molecule has 170 valence electrons. The van der Waals surface area contributed by atoms with E-state index in [1.165, 1.54) is 5.56 Å². The van der Waals surface area contributed by atoms with Crippen molar-refractivity contribution in [1.29, 1.82) is 0 Å². The predicted molar refractivity (Wildman–Crippen MR) is 126 cm³/mol. The van der Waals surface area contributed by atoms with Crippen molar-refractivity contribution in [1.82, 2.24) is 9.97 Å². The third-order valence-corrected chi connectivity index (χ3v) is 5.69. The minimum Gasteiger partial charge on any atom is -0.488 e. The van der Waals surface area contributed by atoms with Gasteiger partial charge in [0.15, 0.2) is 0 Å². The topological polar surface area (TPSA) is 61.3 Å². The number of nitrogens with zero attached hydrogens (tertiary/aromatic N) is 2. The Balaban J connectivity index is 1.66. The minimum atomic E-state index is -0.173. The molecule has 32 heavy (non-hydrogen) atoms. The maximum atomic E-state index is 11.4. The van der Waals surface area contributed by atoms with Crippen LogP contribution in [0.3, 0.4) is 0 Å². The van der Waals surface area contributed by atoms with Gasteiger partial charge in [0, 0.05) is 36.4 Å². The van der Waals surface area contributed by atoms with E-state index in [1.54, 1.807) is 12.4 Å². The summed E-state index contributed by atoms with van der Waals surface area (Å²) in [6.07, 6.45) is 7.30. The summed E-state index contributed by atoms with van der Waals surface area (Å²) < 4.78 is 11.2. The molecule has 0 saturated carbocycles. The predicted octanol–water partition coefficient (Wildman–Crippen LogP) is 5.30. The van der Waals surface area contributed by atoms with Gasteiger partial charge in [0.25, 0.3) is 0 Å². The van der Waals surface area contributed by atoms with Gasteiger partial charge in [0.2, 0.25) is 0 Å². The number of hydrogen-bond acceptors (Lipinski definition) is 5. The first-order valence-corrected chi connectivity index (χ1v) is 11.4. The van der Waals surface area contributed by atoms with Gasteiger partial charge in [-0.2, -0.15) is 0 Å². The SMILES string of the molecule is CCOC(=O)CCCCc1ncc(C#Cc2cc3c(cc2C)OC(C)(C)CC3(C)C)cn1. The first-order chi connectivity index (χ1) is 15.1. The first-order valence-electron chi connectivity index (χ1n) is 11.4. The zero-order valence-electron chi connectivity index (χ0n) is 20.2. The first kappa shape index (κ1) is 23.8. The molecule has 2 heterocycles. The molecule has 0 bridgehead atoms. The Labute approximate surface area is 192 Å². The Morgan fingerprint density at radius 3 is 2.53 bits per heavy atom. The van der Waals surface area contributed by atoms with E-state index < -0.39 is 0 Å². The maximum Gasteiger partial charge on any atom is 0.305 e. The van der Waals surface area contributed by atoms with Gasteiger partial charge in [-0.25, -0.2) is 9.97 Å². The molecule has 0 atom stereocenters. The number of carbonyl (C=O) groups excluding carboxylic acids is 1. The van der Waals surface area contributed by atoms with Crippen LogP contribution in [0.15, 0.2) is 24.5 Å². The van der Waals surface area contributed by atoms with Crippen LogP contribution < -0.4 is 4.74 Å². The number of unbranched alkanes of at least 4 members (excludes halogenated alkanes) is 1. The van der Waals surface area contributed by atoms with Crippen molar-refractivity contribution in [2.24, 2.45) is 0 Å². The quantitative estimate of drug-likeness (QED) is 0.351. The van der Waals surface area contributed by atoms with Crippen LogP contribution in [0.25, 0.3) is 0 Å². The molecular formula is C27H34N2O3. The van der Waals surface area contributed by atoms with E-state index in [0.717, 1.165) is 53.9 Å². The van der Waals surface area contributed by atoms with Gasteiger partial charge in [-0.15, -0.1) is 0 Å². The van der Waals surface area contributed by atoms with Crippen molar-refractivity contribution in [3.8, 4) is 17.6 Å². The van der Waals surface area contributed by atoms with Crippen molar-refractivity contribution < 1.29 is 14.3 Å². The third-order valence-electron chi connectivity index (χ3n) is 5.69. The molecule has 5 heteroatoms. The monoisotopic (exact) mass is 434 g/mol. The van der Waals surface area contributed by atoms with Crippen molar-refractivity contribution in [2.45, 2.75) is 84.7 Å². The third kappa shape index (κ3) is 6.09. The number of hydrogen-bond donors (Lipinski definition) is 0. The smallest absolute Gasteiger partial charge is 0.305 e. The molecule has 2 aromatic rings. The van der Waals surface area contributed by atoms with Crippen LogP contribution in [0.5, 0.6) is 5.75 Å². The molecule has 0 fully saturated rings. The summed E-state index contributed by atoms with van der Waals surface area (Å²) in [6.45, 7) is 13.1. The molecule has 0 saturated heterocycles. The van der Waals surface area contributed by atoms with Crippen molar-refractivity contribution in [2.75, 3.05) is 6.61 Å². The molecule has 0 aliphatic carbocycles.